The summed E-state index contributed by atoms with van der Waals surface area (Å²) in [5.41, 5.74) is -3.27. The number of hydrogen-bond acceptors (Lipinski definition) is 5. The van der Waals surface area contributed by atoms with E-state index in [0.717, 1.165) is 12.1 Å². The average molecular weight is 354 g/mol. The van der Waals surface area contributed by atoms with Crippen LogP contribution in [-0.4, -0.2) is 30.5 Å². The molecule has 1 aromatic carbocycles. The highest BCUT2D eigenvalue weighted by atomic mass is 19.4. The molecule has 24 heavy (non-hydrogen) atoms. The highest BCUT2D eigenvalue weighted by molar-refractivity contribution is 5.72. The predicted molar refractivity (Wildman–Crippen MR) is 66.6 cm³/mol. The monoisotopic (exact) mass is 354 g/mol. The molecular weight excluding hydrogens is 343 g/mol. The quantitative estimate of drug-likeness (QED) is 0.614. The van der Waals surface area contributed by atoms with E-state index in [1.807, 2.05) is 0 Å². The van der Waals surface area contributed by atoms with Gasteiger partial charge in [-0.2, -0.15) is 13.2 Å². The van der Waals surface area contributed by atoms with E-state index in [1.54, 1.807) is 0 Å². The summed E-state index contributed by atoms with van der Waals surface area (Å²) in [6, 6.07) is 2.44. The second-order valence-corrected chi connectivity index (χ2v) is 5.02. The fourth-order valence-electron chi connectivity index (χ4n) is 2.04. The van der Waals surface area contributed by atoms with Gasteiger partial charge in [0.2, 0.25) is 5.60 Å². The van der Waals surface area contributed by atoms with Crippen molar-refractivity contribution in [2.24, 2.45) is 0 Å². The number of benzene rings is 1. The van der Waals surface area contributed by atoms with Crippen molar-refractivity contribution in [3.05, 3.63) is 35.4 Å². The lowest BCUT2D eigenvalue weighted by atomic mass is 9.94. The van der Waals surface area contributed by atoms with E-state index < -0.39 is 61.6 Å². The molecule has 0 saturated carbocycles. The normalized spacial score (nSPS) is 21.0. The summed E-state index contributed by atoms with van der Waals surface area (Å²) >= 11 is 0. The number of alkyl halides is 3. The van der Waals surface area contributed by atoms with Crippen LogP contribution in [0.5, 0.6) is 0 Å². The molecule has 0 amide bonds. The second-order valence-electron chi connectivity index (χ2n) is 5.02. The molecule has 1 aliphatic heterocycles. The summed E-state index contributed by atoms with van der Waals surface area (Å²) in [6.45, 7) is -1.26. The molecule has 0 aromatic heterocycles. The lowest BCUT2D eigenvalue weighted by Gasteiger charge is -2.36. The largest absolute Gasteiger partial charge is 0.509 e. The van der Waals surface area contributed by atoms with Crippen LogP contribution in [0.15, 0.2) is 18.2 Å². The van der Waals surface area contributed by atoms with Gasteiger partial charge < -0.3 is 14.2 Å². The fraction of sp³-hybridized carbons (Fsp3) is 0.429. The summed E-state index contributed by atoms with van der Waals surface area (Å²) in [5, 5.41) is 0. The molecule has 0 radical (unpaired) electrons. The smallest absolute Gasteiger partial charge is 0.461 e. The Labute approximate surface area is 132 Å². The lowest BCUT2D eigenvalue weighted by molar-refractivity contribution is -0.281. The van der Waals surface area contributed by atoms with E-state index in [2.05, 4.69) is 14.2 Å². The number of ether oxygens (including phenoxy) is 3. The maximum atomic E-state index is 13.4. The van der Waals surface area contributed by atoms with Crippen LogP contribution in [0.4, 0.5) is 26.7 Å². The van der Waals surface area contributed by atoms with E-state index in [-0.39, 0.29) is 5.56 Å². The van der Waals surface area contributed by atoms with Gasteiger partial charge in [-0.1, -0.05) is 0 Å². The number of rotatable bonds is 4. The molecule has 1 heterocycles. The maximum absolute atomic E-state index is 13.4. The molecule has 1 fully saturated rings. The Balaban J connectivity index is 2.04. The van der Waals surface area contributed by atoms with Gasteiger partial charge in [0.25, 0.3) is 0 Å². The first-order chi connectivity index (χ1) is 11.1. The van der Waals surface area contributed by atoms with Gasteiger partial charge in [-0.05, 0) is 12.1 Å². The number of halogens is 5. The van der Waals surface area contributed by atoms with Crippen molar-refractivity contribution in [2.45, 2.75) is 31.2 Å². The second kappa shape index (κ2) is 6.62. The van der Waals surface area contributed by atoms with E-state index in [1.165, 1.54) is 0 Å². The van der Waals surface area contributed by atoms with E-state index in [9.17, 15) is 31.5 Å². The Morgan fingerprint density at radius 2 is 2.00 bits per heavy atom. The van der Waals surface area contributed by atoms with Gasteiger partial charge in [0, 0.05) is 18.1 Å². The summed E-state index contributed by atoms with van der Waals surface area (Å²) in [5.74, 6) is -3.22. The van der Waals surface area contributed by atoms with Crippen LogP contribution in [0.1, 0.15) is 18.4 Å². The molecule has 5 nitrogen and oxygen atoms in total. The summed E-state index contributed by atoms with van der Waals surface area (Å²) in [7, 11) is 0. The Morgan fingerprint density at radius 3 is 2.58 bits per heavy atom. The average Bonchev–Trinajstić information content (AvgIpc) is 2.45. The van der Waals surface area contributed by atoms with Crippen LogP contribution in [0, 0.1) is 11.6 Å². The van der Waals surface area contributed by atoms with Gasteiger partial charge in [-0.3, -0.25) is 4.79 Å². The minimum Gasteiger partial charge on any atom is -0.461 e. The van der Waals surface area contributed by atoms with Crippen molar-refractivity contribution in [1.82, 2.24) is 0 Å². The Kier molecular flexibility index (Phi) is 4.95. The third-order valence-electron chi connectivity index (χ3n) is 3.35. The van der Waals surface area contributed by atoms with E-state index in [0.29, 0.717) is 6.07 Å². The van der Waals surface area contributed by atoms with Crippen molar-refractivity contribution < 1.29 is 45.8 Å². The van der Waals surface area contributed by atoms with E-state index in [4.69, 9.17) is 0 Å². The van der Waals surface area contributed by atoms with Crippen molar-refractivity contribution >= 4 is 12.1 Å². The van der Waals surface area contributed by atoms with Crippen molar-refractivity contribution in [1.29, 1.82) is 0 Å². The van der Waals surface area contributed by atoms with E-state index >= 15 is 0 Å². The number of hydrogen-bond donors (Lipinski definition) is 0. The van der Waals surface area contributed by atoms with Crippen molar-refractivity contribution in [3.8, 4) is 0 Å². The van der Waals surface area contributed by atoms with Crippen molar-refractivity contribution in [2.75, 3.05) is 6.61 Å². The summed E-state index contributed by atoms with van der Waals surface area (Å²) < 4.78 is 78.6. The number of esters is 1. The molecule has 132 valence electrons. The molecule has 1 aromatic rings. The molecule has 0 spiro atoms. The van der Waals surface area contributed by atoms with Gasteiger partial charge in [0.05, 0.1) is 13.0 Å². The van der Waals surface area contributed by atoms with Gasteiger partial charge in [-0.15, -0.1) is 0 Å². The molecule has 0 aliphatic carbocycles. The minimum absolute atomic E-state index is 0.213. The molecule has 2 rings (SSSR count). The maximum Gasteiger partial charge on any atom is 0.509 e. The first-order valence-electron chi connectivity index (χ1n) is 6.65. The summed E-state index contributed by atoms with van der Waals surface area (Å²) in [4.78, 5) is 22.7. The zero-order valence-electron chi connectivity index (χ0n) is 12.0. The van der Waals surface area contributed by atoms with Crippen LogP contribution >= 0.6 is 0 Å². The first kappa shape index (κ1) is 18.0. The number of carbonyl (C=O) groups excluding carboxylic acids is 2. The molecular formula is C14H11F5O5. The molecule has 1 atom stereocenters. The van der Waals surface area contributed by atoms with Crippen molar-refractivity contribution in [3.63, 3.8) is 0 Å². The predicted octanol–water partition coefficient (Wildman–Crippen LogP) is 3.26. The number of cyclic esters (lactones) is 2. The topological polar surface area (TPSA) is 61.8 Å². The molecule has 0 bridgehead atoms. The van der Waals surface area contributed by atoms with Gasteiger partial charge in [-0.25, -0.2) is 13.6 Å². The standard InChI is InChI=1S/C14H11F5O5/c15-9-2-1-8(10(16)5-9)7-23-11(20)6-13(14(17,18)19)3-4-22-12(21)24-13/h1-2,5H,3-4,6-7H2. The van der Waals surface area contributed by atoms with Gasteiger partial charge >= 0.3 is 18.3 Å². The Hall–Kier alpha value is -2.39. The first-order valence-corrected chi connectivity index (χ1v) is 6.65. The van der Waals surface area contributed by atoms with Crippen LogP contribution in [-0.2, 0) is 25.6 Å². The number of carbonyl (C=O) groups is 2. The highest BCUT2D eigenvalue weighted by Crippen LogP contribution is 2.41. The lowest BCUT2D eigenvalue weighted by Crippen LogP contribution is -2.54. The van der Waals surface area contributed by atoms with Gasteiger partial charge in [0.15, 0.2) is 0 Å². The Bertz CT molecular complexity index is 645. The molecule has 0 N–H and O–H groups in total. The minimum atomic E-state index is -5.02. The van der Waals surface area contributed by atoms with Crippen LogP contribution in [0.2, 0.25) is 0 Å². The summed E-state index contributed by atoms with van der Waals surface area (Å²) in [6.07, 6.45) is -8.64. The zero-order chi connectivity index (χ0) is 18.0. The van der Waals surface area contributed by atoms with Crippen LogP contribution in [0.3, 0.4) is 0 Å². The highest BCUT2D eigenvalue weighted by Gasteiger charge is 2.61. The third kappa shape index (κ3) is 3.92. The fourth-order valence-corrected chi connectivity index (χ4v) is 2.04. The van der Waals surface area contributed by atoms with Crippen LogP contribution < -0.4 is 0 Å². The van der Waals surface area contributed by atoms with Crippen LogP contribution in [0.25, 0.3) is 0 Å². The SMILES string of the molecule is O=C(CC1(C(F)(F)F)CCOC(=O)O1)OCc1ccc(F)cc1F. The zero-order valence-corrected chi connectivity index (χ0v) is 12.0. The molecule has 1 unspecified atom stereocenters. The molecule has 1 saturated heterocycles. The molecule has 10 heteroatoms. The van der Waals surface area contributed by atoms with Gasteiger partial charge in [0.1, 0.15) is 18.2 Å². The molecule has 1 aliphatic rings. The Morgan fingerprint density at radius 1 is 1.29 bits per heavy atom. The third-order valence-corrected chi connectivity index (χ3v) is 3.35.